The Labute approximate surface area is 185 Å². The number of amides is 1. The second-order valence-corrected chi connectivity index (χ2v) is 7.29. The van der Waals surface area contributed by atoms with E-state index in [0.29, 0.717) is 17.9 Å². The van der Waals surface area contributed by atoms with Gasteiger partial charge in [0.05, 0.1) is 19.8 Å². The Bertz CT molecular complexity index is 1050. The maximum absolute atomic E-state index is 13.0. The van der Waals surface area contributed by atoms with Gasteiger partial charge in [-0.1, -0.05) is 42.5 Å². The van der Waals surface area contributed by atoms with Gasteiger partial charge >= 0.3 is 6.18 Å². The van der Waals surface area contributed by atoms with Crippen molar-refractivity contribution < 1.29 is 27.4 Å². The summed E-state index contributed by atoms with van der Waals surface area (Å²) < 4.78 is 49.7. The minimum absolute atomic E-state index is 0.0365. The van der Waals surface area contributed by atoms with E-state index < -0.39 is 17.6 Å². The average molecular weight is 443 g/mol. The van der Waals surface area contributed by atoms with E-state index in [9.17, 15) is 18.0 Å². The summed E-state index contributed by atoms with van der Waals surface area (Å²) in [5, 5.41) is 2.78. The van der Waals surface area contributed by atoms with E-state index in [0.717, 1.165) is 23.3 Å². The van der Waals surface area contributed by atoms with Crippen molar-refractivity contribution in [2.45, 2.75) is 18.5 Å². The first-order valence-electron chi connectivity index (χ1n) is 10.0. The highest BCUT2D eigenvalue weighted by Crippen LogP contribution is 2.32. The maximum Gasteiger partial charge on any atom is 0.416 e. The van der Waals surface area contributed by atoms with Crippen molar-refractivity contribution in [3.8, 4) is 11.5 Å². The number of hydrogen-bond acceptors (Lipinski definition) is 3. The lowest BCUT2D eigenvalue weighted by atomic mass is 9.91. The van der Waals surface area contributed by atoms with Crippen LogP contribution >= 0.6 is 0 Å². The highest BCUT2D eigenvalue weighted by atomic mass is 19.4. The molecule has 0 saturated carbocycles. The van der Waals surface area contributed by atoms with Gasteiger partial charge in [0.2, 0.25) is 0 Å². The lowest BCUT2D eigenvalue weighted by molar-refractivity contribution is -0.137. The van der Waals surface area contributed by atoms with Crippen LogP contribution in [-0.4, -0.2) is 26.7 Å². The van der Waals surface area contributed by atoms with Crippen LogP contribution in [0, 0.1) is 0 Å². The van der Waals surface area contributed by atoms with Gasteiger partial charge in [-0.05, 0) is 47.9 Å². The van der Waals surface area contributed by atoms with Crippen LogP contribution in [0.3, 0.4) is 0 Å². The second-order valence-electron chi connectivity index (χ2n) is 7.29. The molecule has 0 fully saturated rings. The number of methoxy groups -OCH3 is 2. The summed E-state index contributed by atoms with van der Waals surface area (Å²) in [5.74, 6) is 0.455. The Morgan fingerprint density at radius 3 is 2.28 bits per heavy atom. The van der Waals surface area contributed by atoms with Crippen LogP contribution in [0.1, 0.15) is 33.0 Å². The van der Waals surface area contributed by atoms with Crippen LogP contribution in [0.4, 0.5) is 13.2 Å². The zero-order valence-electron chi connectivity index (χ0n) is 17.8. The second kappa shape index (κ2) is 10.2. The van der Waals surface area contributed by atoms with Gasteiger partial charge < -0.3 is 14.8 Å². The third-order valence-corrected chi connectivity index (χ3v) is 5.17. The first-order chi connectivity index (χ1) is 15.3. The van der Waals surface area contributed by atoms with Gasteiger partial charge in [-0.3, -0.25) is 4.79 Å². The molecule has 1 atom stereocenters. The number of carbonyl (C=O) groups is 1. The van der Waals surface area contributed by atoms with Crippen molar-refractivity contribution in [3.63, 3.8) is 0 Å². The number of hydrogen-bond donors (Lipinski definition) is 1. The van der Waals surface area contributed by atoms with Crippen molar-refractivity contribution >= 4 is 5.91 Å². The number of benzene rings is 3. The van der Waals surface area contributed by atoms with Crippen LogP contribution in [0.2, 0.25) is 0 Å². The van der Waals surface area contributed by atoms with Crippen molar-refractivity contribution in [3.05, 3.63) is 95.1 Å². The molecule has 1 N–H and O–H groups in total. The molecule has 0 heterocycles. The molecule has 3 aromatic carbocycles. The zero-order chi connectivity index (χ0) is 23.1. The normalized spacial score (nSPS) is 12.2. The van der Waals surface area contributed by atoms with Gasteiger partial charge in [0.15, 0.2) is 11.5 Å². The lowest BCUT2D eigenvalue weighted by Gasteiger charge is -2.20. The SMILES string of the molecule is COc1ccc([C@H](CNC(=O)c2cccc(C(F)(F)F)c2)Cc2ccccc2)cc1OC. The molecule has 0 bridgehead atoms. The van der Waals surface area contributed by atoms with Gasteiger partial charge in [0.1, 0.15) is 0 Å². The van der Waals surface area contributed by atoms with Crippen LogP contribution in [0.5, 0.6) is 11.5 Å². The first-order valence-corrected chi connectivity index (χ1v) is 10.0. The van der Waals surface area contributed by atoms with E-state index in [2.05, 4.69) is 5.32 Å². The van der Waals surface area contributed by atoms with E-state index in [-0.39, 0.29) is 18.0 Å². The first kappa shape index (κ1) is 23.2. The Hall–Kier alpha value is -3.48. The van der Waals surface area contributed by atoms with Gasteiger partial charge in [-0.2, -0.15) is 13.2 Å². The topological polar surface area (TPSA) is 47.6 Å². The molecule has 7 heteroatoms. The number of alkyl halides is 3. The zero-order valence-corrected chi connectivity index (χ0v) is 17.8. The van der Waals surface area contributed by atoms with Gasteiger partial charge in [-0.25, -0.2) is 0 Å². The molecule has 0 aromatic heterocycles. The summed E-state index contributed by atoms with van der Waals surface area (Å²) >= 11 is 0. The Morgan fingerprint density at radius 2 is 1.62 bits per heavy atom. The quantitative estimate of drug-likeness (QED) is 0.502. The van der Waals surface area contributed by atoms with Crippen LogP contribution in [0.25, 0.3) is 0 Å². The van der Waals surface area contributed by atoms with Gasteiger partial charge in [0.25, 0.3) is 5.91 Å². The summed E-state index contributed by atoms with van der Waals surface area (Å²) in [6.07, 6.45) is -3.88. The fourth-order valence-electron chi connectivity index (χ4n) is 3.47. The monoisotopic (exact) mass is 443 g/mol. The van der Waals surface area contributed by atoms with Crippen molar-refractivity contribution in [1.29, 1.82) is 0 Å². The summed E-state index contributed by atoms with van der Waals surface area (Å²) in [4.78, 5) is 12.6. The van der Waals surface area contributed by atoms with E-state index in [4.69, 9.17) is 9.47 Å². The van der Waals surface area contributed by atoms with Crippen LogP contribution < -0.4 is 14.8 Å². The molecule has 0 aliphatic heterocycles. The molecule has 4 nitrogen and oxygen atoms in total. The smallest absolute Gasteiger partial charge is 0.416 e. The van der Waals surface area contributed by atoms with Gasteiger partial charge in [0, 0.05) is 18.0 Å². The standard InChI is InChI=1S/C25H24F3NO3/c1-31-22-12-11-18(15-23(22)32-2)20(13-17-7-4-3-5-8-17)16-29-24(30)19-9-6-10-21(14-19)25(26,27)28/h3-12,14-15,20H,13,16H2,1-2H3,(H,29,30)/t20-/m0/s1. The Balaban J connectivity index is 1.82. The van der Waals surface area contributed by atoms with E-state index in [1.165, 1.54) is 12.1 Å². The summed E-state index contributed by atoms with van der Waals surface area (Å²) in [6.45, 7) is 0.236. The number of carbonyl (C=O) groups excluding carboxylic acids is 1. The summed E-state index contributed by atoms with van der Waals surface area (Å²) in [7, 11) is 3.09. The van der Waals surface area contributed by atoms with Crippen LogP contribution in [-0.2, 0) is 12.6 Å². The number of nitrogens with one attached hydrogen (secondary N) is 1. The summed E-state index contributed by atoms with van der Waals surface area (Å²) in [5.41, 5.74) is 1.09. The van der Waals surface area contributed by atoms with E-state index in [1.807, 2.05) is 42.5 Å². The van der Waals surface area contributed by atoms with Crippen molar-refractivity contribution in [2.24, 2.45) is 0 Å². The number of rotatable bonds is 8. The van der Waals surface area contributed by atoms with Crippen molar-refractivity contribution in [2.75, 3.05) is 20.8 Å². The fourth-order valence-corrected chi connectivity index (χ4v) is 3.47. The fraction of sp³-hybridized carbons (Fsp3) is 0.240. The molecule has 32 heavy (non-hydrogen) atoms. The van der Waals surface area contributed by atoms with E-state index >= 15 is 0 Å². The molecule has 0 unspecified atom stereocenters. The largest absolute Gasteiger partial charge is 0.493 e. The minimum Gasteiger partial charge on any atom is -0.493 e. The highest BCUT2D eigenvalue weighted by Gasteiger charge is 2.31. The Morgan fingerprint density at radius 1 is 0.906 bits per heavy atom. The number of halogens is 3. The average Bonchev–Trinajstić information content (AvgIpc) is 2.81. The molecule has 3 aromatic rings. The highest BCUT2D eigenvalue weighted by molar-refractivity contribution is 5.94. The predicted octanol–water partition coefficient (Wildman–Crippen LogP) is 5.48. The molecule has 1 amide bonds. The van der Waals surface area contributed by atoms with Crippen LogP contribution in [0.15, 0.2) is 72.8 Å². The number of ether oxygens (including phenoxy) is 2. The molecule has 0 aliphatic rings. The van der Waals surface area contributed by atoms with E-state index in [1.54, 1.807) is 20.3 Å². The molecule has 0 spiro atoms. The third-order valence-electron chi connectivity index (χ3n) is 5.17. The summed E-state index contributed by atoms with van der Waals surface area (Å²) in [6, 6.07) is 19.7. The van der Waals surface area contributed by atoms with Crippen molar-refractivity contribution in [1.82, 2.24) is 5.32 Å². The third kappa shape index (κ3) is 5.81. The maximum atomic E-state index is 13.0. The molecule has 0 saturated heterocycles. The molecule has 168 valence electrons. The molecule has 0 aliphatic carbocycles. The minimum atomic E-state index is -4.51. The molecule has 0 radical (unpaired) electrons. The molecule has 3 rings (SSSR count). The molecular formula is C25H24F3NO3. The van der Waals surface area contributed by atoms with Gasteiger partial charge in [-0.15, -0.1) is 0 Å². The lowest BCUT2D eigenvalue weighted by Crippen LogP contribution is -2.29. The molecular weight excluding hydrogens is 419 g/mol. The predicted molar refractivity (Wildman–Crippen MR) is 116 cm³/mol. The Kier molecular flexibility index (Phi) is 7.41.